The summed E-state index contributed by atoms with van der Waals surface area (Å²) >= 11 is 0. The number of hydrogen-bond donors (Lipinski definition) is 1. The van der Waals surface area contributed by atoms with Gasteiger partial charge in [0.25, 0.3) is 5.91 Å². The predicted molar refractivity (Wildman–Crippen MR) is 113 cm³/mol. The van der Waals surface area contributed by atoms with Crippen LogP contribution in [0.25, 0.3) is 0 Å². The number of aromatic nitrogens is 1. The van der Waals surface area contributed by atoms with Gasteiger partial charge in [-0.3, -0.25) is 4.79 Å². The molecule has 1 heterocycles. The van der Waals surface area contributed by atoms with Crippen LogP contribution in [-0.2, 0) is 6.54 Å². The van der Waals surface area contributed by atoms with Gasteiger partial charge in [0.2, 0.25) is 0 Å². The highest BCUT2D eigenvalue weighted by molar-refractivity contribution is 6.03. The third-order valence-corrected chi connectivity index (χ3v) is 4.39. The van der Waals surface area contributed by atoms with Gasteiger partial charge in [0.05, 0.1) is 6.61 Å². The Balaban J connectivity index is 1.56. The molecule has 0 atom stereocenters. The lowest BCUT2D eigenvalue weighted by Gasteiger charge is -2.12. The Morgan fingerprint density at radius 1 is 1.00 bits per heavy atom. The molecule has 0 aliphatic heterocycles. The lowest BCUT2D eigenvalue weighted by molar-refractivity contribution is 0.101. The summed E-state index contributed by atoms with van der Waals surface area (Å²) in [6, 6.07) is 21.3. The van der Waals surface area contributed by atoms with Crippen LogP contribution in [-0.4, -0.2) is 42.6 Å². The average molecular weight is 377 g/mol. The number of amides is 1. The van der Waals surface area contributed by atoms with Crippen molar-refractivity contribution in [3.63, 3.8) is 0 Å². The summed E-state index contributed by atoms with van der Waals surface area (Å²) in [5.41, 5.74) is 2.54. The molecule has 0 fully saturated rings. The molecule has 3 aromatic rings. The van der Waals surface area contributed by atoms with Gasteiger partial charge in [0.15, 0.2) is 0 Å². The first-order valence-electron chi connectivity index (χ1n) is 9.50. The van der Waals surface area contributed by atoms with Crippen LogP contribution in [0.1, 0.15) is 22.5 Å². The minimum atomic E-state index is -0.124. The second kappa shape index (κ2) is 9.76. The third-order valence-electron chi connectivity index (χ3n) is 4.39. The lowest BCUT2D eigenvalue weighted by Crippen LogP contribution is -2.17. The first-order chi connectivity index (χ1) is 13.6. The molecule has 0 aliphatic rings. The summed E-state index contributed by atoms with van der Waals surface area (Å²) in [5.74, 6) is 0.685. The lowest BCUT2D eigenvalue weighted by atomic mass is 10.2. The van der Waals surface area contributed by atoms with Gasteiger partial charge in [-0.25, -0.2) is 0 Å². The van der Waals surface area contributed by atoms with Crippen LogP contribution in [0.4, 0.5) is 5.69 Å². The number of anilines is 1. The van der Waals surface area contributed by atoms with Crippen LogP contribution < -0.4 is 10.1 Å². The van der Waals surface area contributed by atoms with E-state index in [-0.39, 0.29) is 5.91 Å². The Morgan fingerprint density at radius 2 is 1.75 bits per heavy atom. The standard InChI is InChI=1S/C23H27N3O2/c1-25(2)15-7-17-28-21-13-11-20(12-14-21)24-23(27)22-10-6-16-26(22)18-19-8-4-3-5-9-19/h3-6,8-14,16H,7,15,17-18H2,1-2H3,(H,24,27). The highest BCUT2D eigenvalue weighted by Crippen LogP contribution is 2.17. The highest BCUT2D eigenvalue weighted by Gasteiger charge is 2.11. The number of nitrogens with zero attached hydrogens (tertiary/aromatic N) is 2. The molecule has 146 valence electrons. The molecular weight excluding hydrogens is 350 g/mol. The summed E-state index contributed by atoms with van der Waals surface area (Å²) in [7, 11) is 4.10. The number of nitrogens with one attached hydrogen (secondary N) is 1. The van der Waals surface area contributed by atoms with Crippen molar-refractivity contribution in [2.75, 3.05) is 32.6 Å². The van der Waals surface area contributed by atoms with Crippen molar-refractivity contribution in [1.29, 1.82) is 0 Å². The van der Waals surface area contributed by atoms with E-state index in [1.54, 1.807) is 0 Å². The van der Waals surface area contributed by atoms with E-state index in [9.17, 15) is 4.79 Å². The van der Waals surface area contributed by atoms with E-state index in [2.05, 4.69) is 22.3 Å². The summed E-state index contributed by atoms with van der Waals surface area (Å²) in [5, 5.41) is 2.96. The average Bonchev–Trinajstić information content (AvgIpc) is 3.15. The van der Waals surface area contributed by atoms with E-state index >= 15 is 0 Å². The van der Waals surface area contributed by atoms with Crippen molar-refractivity contribution in [2.45, 2.75) is 13.0 Å². The number of hydrogen-bond acceptors (Lipinski definition) is 3. The molecule has 0 unspecified atom stereocenters. The van der Waals surface area contributed by atoms with Gasteiger partial charge in [-0.2, -0.15) is 0 Å². The Morgan fingerprint density at radius 3 is 2.46 bits per heavy atom. The Kier molecular flexibility index (Phi) is 6.87. The van der Waals surface area contributed by atoms with E-state index < -0.39 is 0 Å². The Bertz CT molecular complexity index is 870. The normalized spacial score (nSPS) is 10.8. The molecular formula is C23H27N3O2. The van der Waals surface area contributed by atoms with Gasteiger partial charge < -0.3 is 19.5 Å². The molecule has 1 aromatic heterocycles. The van der Waals surface area contributed by atoms with Crippen molar-refractivity contribution in [3.05, 3.63) is 84.2 Å². The van der Waals surface area contributed by atoms with Crippen molar-refractivity contribution < 1.29 is 9.53 Å². The molecule has 5 nitrogen and oxygen atoms in total. The minimum absolute atomic E-state index is 0.124. The molecule has 0 aliphatic carbocycles. The van der Waals surface area contributed by atoms with Gasteiger partial charge in [-0.05, 0) is 62.5 Å². The van der Waals surface area contributed by atoms with Crippen LogP contribution in [0.5, 0.6) is 5.75 Å². The summed E-state index contributed by atoms with van der Waals surface area (Å²) < 4.78 is 7.68. The van der Waals surface area contributed by atoms with Crippen LogP contribution in [0.15, 0.2) is 72.9 Å². The van der Waals surface area contributed by atoms with E-state index in [1.165, 1.54) is 0 Å². The van der Waals surface area contributed by atoms with E-state index in [4.69, 9.17) is 4.74 Å². The second-order valence-corrected chi connectivity index (χ2v) is 6.99. The van der Waals surface area contributed by atoms with Crippen LogP contribution in [0, 0.1) is 0 Å². The predicted octanol–water partition coefficient (Wildman–Crippen LogP) is 4.12. The van der Waals surface area contributed by atoms with Crippen molar-refractivity contribution in [1.82, 2.24) is 9.47 Å². The maximum Gasteiger partial charge on any atom is 0.272 e. The van der Waals surface area contributed by atoms with Crippen LogP contribution in [0.3, 0.4) is 0 Å². The summed E-state index contributed by atoms with van der Waals surface area (Å²) in [6.07, 6.45) is 2.90. The van der Waals surface area contributed by atoms with Gasteiger partial charge in [-0.1, -0.05) is 30.3 Å². The molecule has 5 heteroatoms. The summed E-state index contributed by atoms with van der Waals surface area (Å²) in [6.45, 7) is 2.34. The molecule has 3 rings (SSSR count). The second-order valence-electron chi connectivity index (χ2n) is 6.99. The molecule has 0 bridgehead atoms. The topological polar surface area (TPSA) is 46.5 Å². The largest absolute Gasteiger partial charge is 0.494 e. The molecule has 28 heavy (non-hydrogen) atoms. The van der Waals surface area contributed by atoms with E-state index in [0.29, 0.717) is 18.8 Å². The molecule has 0 saturated carbocycles. The zero-order valence-electron chi connectivity index (χ0n) is 16.5. The first kappa shape index (κ1) is 19.7. The fourth-order valence-corrected chi connectivity index (χ4v) is 2.94. The van der Waals surface area contributed by atoms with E-state index in [0.717, 1.165) is 30.0 Å². The van der Waals surface area contributed by atoms with Crippen molar-refractivity contribution in [2.24, 2.45) is 0 Å². The number of rotatable bonds is 9. The quantitative estimate of drug-likeness (QED) is 0.571. The van der Waals surface area contributed by atoms with Crippen molar-refractivity contribution in [3.8, 4) is 5.75 Å². The van der Waals surface area contributed by atoms with Gasteiger partial charge in [-0.15, -0.1) is 0 Å². The SMILES string of the molecule is CN(C)CCCOc1ccc(NC(=O)c2cccn2Cc2ccccc2)cc1. The summed E-state index contributed by atoms with van der Waals surface area (Å²) in [4.78, 5) is 14.8. The Hall–Kier alpha value is -3.05. The fraction of sp³-hybridized carbons (Fsp3) is 0.261. The molecule has 1 N–H and O–H groups in total. The van der Waals surface area contributed by atoms with E-state index in [1.807, 2.05) is 79.5 Å². The first-order valence-corrected chi connectivity index (χ1v) is 9.50. The zero-order chi connectivity index (χ0) is 19.8. The number of benzene rings is 2. The van der Waals surface area contributed by atoms with Crippen LogP contribution in [0.2, 0.25) is 0 Å². The van der Waals surface area contributed by atoms with Crippen LogP contribution >= 0.6 is 0 Å². The maximum atomic E-state index is 12.7. The van der Waals surface area contributed by atoms with Crippen molar-refractivity contribution >= 4 is 11.6 Å². The molecule has 2 aromatic carbocycles. The number of carbonyl (C=O) groups excluding carboxylic acids is 1. The molecule has 0 spiro atoms. The minimum Gasteiger partial charge on any atom is -0.494 e. The van der Waals surface area contributed by atoms with Gasteiger partial charge in [0.1, 0.15) is 11.4 Å². The maximum absolute atomic E-state index is 12.7. The monoisotopic (exact) mass is 377 g/mol. The zero-order valence-corrected chi connectivity index (χ0v) is 16.5. The van der Waals surface area contributed by atoms with Gasteiger partial charge >= 0.3 is 0 Å². The molecule has 0 saturated heterocycles. The smallest absolute Gasteiger partial charge is 0.272 e. The molecule has 0 radical (unpaired) electrons. The highest BCUT2D eigenvalue weighted by atomic mass is 16.5. The Labute approximate surface area is 166 Å². The number of carbonyl (C=O) groups is 1. The van der Waals surface area contributed by atoms with Gasteiger partial charge in [0, 0.05) is 25.0 Å². The fourth-order valence-electron chi connectivity index (χ4n) is 2.94. The molecule has 1 amide bonds. The third kappa shape index (κ3) is 5.72. The number of ether oxygens (including phenoxy) is 1.